The van der Waals surface area contributed by atoms with E-state index in [1.807, 2.05) is 31.2 Å². The van der Waals surface area contributed by atoms with Crippen LogP contribution in [0, 0.1) is 11.3 Å². The Hall–Kier alpha value is -2.40. The molecule has 1 aliphatic rings. The highest BCUT2D eigenvalue weighted by Crippen LogP contribution is 2.19. The number of piperazine rings is 1. The third-order valence-electron chi connectivity index (χ3n) is 4.78. The Labute approximate surface area is 160 Å². The SMILES string of the molecule is CCOc1ccc(S(=O)(=O)N2CC[NH+](Cc3ccccc3C#N)CC2)cc1. The van der Waals surface area contributed by atoms with Crippen molar-refractivity contribution in [2.45, 2.75) is 18.4 Å². The molecule has 0 radical (unpaired) electrons. The van der Waals surface area contributed by atoms with Crippen molar-refractivity contribution in [3.63, 3.8) is 0 Å². The van der Waals surface area contributed by atoms with Crippen LogP contribution in [0.1, 0.15) is 18.1 Å². The van der Waals surface area contributed by atoms with Crippen LogP contribution in [0.4, 0.5) is 0 Å². The minimum Gasteiger partial charge on any atom is -0.494 e. The number of hydrogen-bond acceptors (Lipinski definition) is 4. The van der Waals surface area contributed by atoms with Gasteiger partial charge < -0.3 is 9.64 Å². The first-order valence-electron chi connectivity index (χ1n) is 9.09. The molecule has 2 aromatic carbocycles. The average Bonchev–Trinajstić information content (AvgIpc) is 2.69. The monoisotopic (exact) mass is 386 g/mol. The van der Waals surface area contributed by atoms with Crippen LogP contribution in [-0.2, 0) is 16.6 Å². The first-order valence-corrected chi connectivity index (χ1v) is 10.5. The number of rotatable bonds is 6. The molecule has 0 bridgehead atoms. The molecule has 0 spiro atoms. The lowest BCUT2D eigenvalue weighted by atomic mass is 10.1. The van der Waals surface area contributed by atoms with Crippen molar-refractivity contribution in [2.75, 3.05) is 32.8 Å². The number of sulfonamides is 1. The van der Waals surface area contributed by atoms with Crippen LogP contribution in [-0.4, -0.2) is 45.5 Å². The summed E-state index contributed by atoms with van der Waals surface area (Å²) in [6.45, 7) is 5.55. The Morgan fingerprint density at radius 1 is 1.11 bits per heavy atom. The maximum Gasteiger partial charge on any atom is 0.243 e. The predicted molar refractivity (Wildman–Crippen MR) is 102 cm³/mol. The molecule has 1 fully saturated rings. The zero-order chi connectivity index (χ0) is 19.3. The van der Waals surface area contributed by atoms with E-state index in [0.717, 1.165) is 25.2 Å². The van der Waals surface area contributed by atoms with Crippen LogP contribution in [0.5, 0.6) is 5.75 Å². The molecule has 3 rings (SSSR count). The molecule has 1 aliphatic heterocycles. The molecule has 0 aromatic heterocycles. The maximum atomic E-state index is 12.9. The Bertz CT molecular complexity index is 912. The molecule has 2 aromatic rings. The van der Waals surface area contributed by atoms with Crippen LogP contribution in [0.3, 0.4) is 0 Å². The summed E-state index contributed by atoms with van der Waals surface area (Å²) in [6.07, 6.45) is 0. The summed E-state index contributed by atoms with van der Waals surface area (Å²) in [5.74, 6) is 0.668. The van der Waals surface area contributed by atoms with E-state index in [-0.39, 0.29) is 0 Å². The molecule has 1 N–H and O–H groups in total. The van der Waals surface area contributed by atoms with E-state index in [1.54, 1.807) is 28.6 Å². The van der Waals surface area contributed by atoms with Gasteiger partial charge in [0.15, 0.2) is 0 Å². The van der Waals surface area contributed by atoms with Crippen LogP contribution < -0.4 is 9.64 Å². The van der Waals surface area contributed by atoms with Crippen molar-refractivity contribution < 1.29 is 18.1 Å². The number of nitrogens with zero attached hydrogens (tertiary/aromatic N) is 2. The van der Waals surface area contributed by atoms with E-state index in [1.165, 1.54) is 4.90 Å². The van der Waals surface area contributed by atoms with Gasteiger partial charge in [-0.05, 0) is 37.3 Å². The topological polar surface area (TPSA) is 74.8 Å². The smallest absolute Gasteiger partial charge is 0.243 e. The maximum absolute atomic E-state index is 12.9. The van der Waals surface area contributed by atoms with Gasteiger partial charge in [0.1, 0.15) is 12.3 Å². The largest absolute Gasteiger partial charge is 0.494 e. The van der Waals surface area contributed by atoms with Crippen molar-refractivity contribution in [3.05, 3.63) is 59.7 Å². The first kappa shape index (κ1) is 19.4. The number of hydrogen-bond donors (Lipinski definition) is 1. The van der Waals surface area contributed by atoms with Crippen LogP contribution >= 0.6 is 0 Å². The van der Waals surface area contributed by atoms with E-state index >= 15 is 0 Å². The zero-order valence-corrected chi connectivity index (χ0v) is 16.2. The number of quaternary nitrogens is 1. The molecular weight excluding hydrogens is 362 g/mol. The summed E-state index contributed by atoms with van der Waals surface area (Å²) in [7, 11) is -3.49. The normalized spacial score (nSPS) is 16.0. The Morgan fingerprint density at radius 3 is 2.41 bits per heavy atom. The molecule has 0 atom stereocenters. The Balaban J connectivity index is 1.63. The summed E-state index contributed by atoms with van der Waals surface area (Å²) in [4.78, 5) is 1.58. The summed E-state index contributed by atoms with van der Waals surface area (Å²) in [5, 5.41) is 9.22. The van der Waals surface area contributed by atoms with E-state index in [9.17, 15) is 13.7 Å². The van der Waals surface area contributed by atoms with Gasteiger partial charge in [-0.25, -0.2) is 8.42 Å². The Morgan fingerprint density at radius 2 is 1.78 bits per heavy atom. The van der Waals surface area contributed by atoms with Gasteiger partial charge >= 0.3 is 0 Å². The summed E-state index contributed by atoms with van der Waals surface area (Å²) < 4.78 is 32.6. The van der Waals surface area contributed by atoms with Crippen LogP contribution in [0.15, 0.2) is 53.4 Å². The highest BCUT2D eigenvalue weighted by atomic mass is 32.2. The molecule has 142 valence electrons. The van der Waals surface area contributed by atoms with Crippen molar-refractivity contribution in [1.82, 2.24) is 4.31 Å². The highest BCUT2D eigenvalue weighted by Gasteiger charge is 2.30. The molecule has 6 nitrogen and oxygen atoms in total. The van der Waals surface area contributed by atoms with Crippen LogP contribution in [0.2, 0.25) is 0 Å². The fourth-order valence-corrected chi connectivity index (χ4v) is 4.74. The van der Waals surface area contributed by atoms with Crippen molar-refractivity contribution in [2.24, 2.45) is 0 Å². The molecular formula is C20H24N3O3S+. The van der Waals surface area contributed by atoms with E-state index in [0.29, 0.717) is 35.9 Å². The van der Waals surface area contributed by atoms with E-state index < -0.39 is 10.0 Å². The lowest BCUT2D eigenvalue weighted by Crippen LogP contribution is -3.13. The summed E-state index contributed by atoms with van der Waals surface area (Å²) >= 11 is 0. The lowest BCUT2D eigenvalue weighted by Gasteiger charge is -2.31. The molecule has 1 saturated heterocycles. The average molecular weight is 386 g/mol. The van der Waals surface area contributed by atoms with Crippen molar-refractivity contribution in [3.8, 4) is 11.8 Å². The third kappa shape index (κ3) is 4.48. The number of nitriles is 1. The number of ether oxygens (including phenoxy) is 1. The second kappa shape index (κ2) is 8.53. The fraction of sp³-hybridized carbons (Fsp3) is 0.350. The highest BCUT2D eigenvalue weighted by molar-refractivity contribution is 7.89. The van der Waals surface area contributed by atoms with Gasteiger partial charge in [-0.15, -0.1) is 0 Å². The number of nitrogens with one attached hydrogen (secondary N) is 1. The van der Waals surface area contributed by atoms with Gasteiger partial charge in [0.25, 0.3) is 0 Å². The standard InChI is InChI=1S/C20H23N3O3S/c1-2-26-19-7-9-20(10-8-19)27(24,25)23-13-11-22(12-14-23)16-18-6-4-3-5-17(18)15-21/h3-10H,2,11-14,16H2,1H3/p+1. The first-order chi connectivity index (χ1) is 13.0. The van der Waals surface area contributed by atoms with Gasteiger partial charge in [0, 0.05) is 5.56 Å². The van der Waals surface area contributed by atoms with Gasteiger partial charge in [0.05, 0.1) is 49.3 Å². The molecule has 0 aliphatic carbocycles. The van der Waals surface area contributed by atoms with E-state index in [2.05, 4.69) is 6.07 Å². The Kier molecular flexibility index (Phi) is 6.11. The lowest BCUT2D eigenvalue weighted by molar-refractivity contribution is -0.917. The molecule has 0 saturated carbocycles. The molecule has 27 heavy (non-hydrogen) atoms. The third-order valence-corrected chi connectivity index (χ3v) is 6.69. The second-order valence-electron chi connectivity index (χ2n) is 6.50. The van der Waals surface area contributed by atoms with Gasteiger partial charge in [-0.2, -0.15) is 9.57 Å². The summed E-state index contributed by atoms with van der Waals surface area (Å²) in [6, 6.07) is 16.4. The minimum absolute atomic E-state index is 0.296. The minimum atomic E-state index is -3.49. The van der Waals surface area contributed by atoms with Gasteiger partial charge in [0.2, 0.25) is 10.0 Å². The quantitative estimate of drug-likeness (QED) is 0.805. The molecule has 1 heterocycles. The van der Waals surface area contributed by atoms with Crippen LogP contribution in [0.25, 0.3) is 0 Å². The number of benzene rings is 2. The molecule has 0 amide bonds. The zero-order valence-electron chi connectivity index (χ0n) is 15.4. The molecule has 7 heteroatoms. The van der Waals surface area contributed by atoms with Gasteiger partial charge in [-0.1, -0.05) is 18.2 Å². The second-order valence-corrected chi connectivity index (χ2v) is 8.44. The fourth-order valence-electron chi connectivity index (χ4n) is 3.30. The summed E-state index contributed by atoms with van der Waals surface area (Å²) in [5.41, 5.74) is 1.70. The van der Waals surface area contributed by atoms with Crippen molar-refractivity contribution in [1.29, 1.82) is 5.26 Å². The van der Waals surface area contributed by atoms with E-state index in [4.69, 9.17) is 4.74 Å². The molecule has 0 unspecified atom stereocenters. The predicted octanol–water partition coefficient (Wildman–Crippen LogP) is 1.05. The van der Waals surface area contributed by atoms with Crippen molar-refractivity contribution >= 4 is 10.0 Å². The van der Waals surface area contributed by atoms with Gasteiger partial charge in [-0.3, -0.25) is 0 Å².